The van der Waals surface area contributed by atoms with Crippen LogP contribution in [0.1, 0.15) is 35.5 Å². The lowest BCUT2D eigenvalue weighted by Gasteiger charge is -2.15. The van der Waals surface area contributed by atoms with E-state index >= 15 is 0 Å². The average molecular weight is 332 g/mol. The number of hydrogen-bond donors (Lipinski definition) is 2. The average Bonchev–Trinajstić information content (AvgIpc) is 2.78. The zero-order chi connectivity index (χ0) is 17.0. The SMILES string of the molecule is CSc1ccc(CNC(=O)N[C@@H](C)c2c(C)nn(C)c2C)cc1. The van der Waals surface area contributed by atoms with Crippen LogP contribution < -0.4 is 10.6 Å². The number of hydrogen-bond acceptors (Lipinski definition) is 3. The summed E-state index contributed by atoms with van der Waals surface area (Å²) in [6.07, 6.45) is 2.05. The van der Waals surface area contributed by atoms with E-state index in [2.05, 4.69) is 27.9 Å². The van der Waals surface area contributed by atoms with Crippen molar-refractivity contribution in [1.29, 1.82) is 0 Å². The lowest BCUT2D eigenvalue weighted by Crippen LogP contribution is -2.36. The quantitative estimate of drug-likeness (QED) is 0.826. The van der Waals surface area contributed by atoms with Gasteiger partial charge in [0.1, 0.15) is 0 Å². The van der Waals surface area contributed by atoms with E-state index in [0.717, 1.165) is 22.5 Å². The second kappa shape index (κ2) is 7.55. The second-order valence-corrected chi connectivity index (χ2v) is 6.48. The van der Waals surface area contributed by atoms with Gasteiger partial charge in [-0.05, 0) is 44.7 Å². The minimum Gasteiger partial charge on any atom is -0.334 e. The number of thioether (sulfide) groups is 1. The highest BCUT2D eigenvalue weighted by Gasteiger charge is 2.17. The van der Waals surface area contributed by atoms with Gasteiger partial charge in [0.2, 0.25) is 0 Å². The van der Waals surface area contributed by atoms with Crippen LogP contribution in [0.25, 0.3) is 0 Å². The van der Waals surface area contributed by atoms with Gasteiger partial charge in [-0.1, -0.05) is 12.1 Å². The molecule has 2 N–H and O–H groups in total. The molecule has 23 heavy (non-hydrogen) atoms. The van der Waals surface area contributed by atoms with Crippen LogP contribution in [0.3, 0.4) is 0 Å². The van der Waals surface area contributed by atoms with Crippen LogP contribution in [-0.2, 0) is 13.6 Å². The Hall–Kier alpha value is -1.95. The predicted octanol–water partition coefficient (Wildman–Crippen LogP) is 3.32. The van der Waals surface area contributed by atoms with Gasteiger partial charge in [-0.15, -0.1) is 11.8 Å². The summed E-state index contributed by atoms with van der Waals surface area (Å²) in [4.78, 5) is 13.3. The lowest BCUT2D eigenvalue weighted by atomic mass is 10.1. The predicted molar refractivity (Wildman–Crippen MR) is 94.7 cm³/mol. The molecule has 0 unspecified atom stereocenters. The van der Waals surface area contributed by atoms with Crippen molar-refractivity contribution in [3.8, 4) is 0 Å². The number of urea groups is 1. The number of benzene rings is 1. The molecular formula is C17H24N4OS. The Balaban J connectivity index is 1.91. The van der Waals surface area contributed by atoms with Crippen molar-refractivity contribution in [1.82, 2.24) is 20.4 Å². The third-order valence-corrected chi connectivity index (χ3v) is 4.70. The molecule has 2 aromatic rings. The first-order valence-electron chi connectivity index (χ1n) is 7.59. The molecule has 1 aromatic heterocycles. The van der Waals surface area contributed by atoms with Crippen LogP contribution in [-0.4, -0.2) is 22.1 Å². The molecule has 2 amide bonds. The maximum atomic E-state index is 12.1. The van der Waals surface area contributed by atoms with Crippen molar-refractivity contribution in [2.45, 2.75) is 38.3 Å². The van der Waals surface area contributed by atoms with Gasteiger partial charge in [0, 0.05) is 29.7 Å². The van der Waals surface area contributed by atoms with Crippen LogP contribution in [0.15, 0.2) is 29.2 Å². The van der Waals surface area contributed by atoms with Crippen molar-refractivity contribution in [3.05, 3.63) is 46.8 Å². The number of carbonyl (C=O) groups excluding carboxylic acids is 1. The normalized spacial score (nSPS) is 12.0. The molecule has 1 atom stereocenters. The van der Waals surface area contributed by atoms with Crippen molar-refractivity contribution in [2.24, 2.45) is 7.05 Å². The van der Waals surface area contributed by atoms with Crippen molar-refractivity contribution in [2.75, 3.05) is 6.26 Å². The minimum absolute atomic E-state index is 0.0810. The number of aryl methyl sites for hydroxylation is 2. The van der Waals surface area contributed by atoms with Gasteiger partial charge in [0.15, 0.2) is 0 Å². The zero-order valence-corrected chi connectivity index (χ0v) is 15.1. The Morgan fingerprint density at radius 3 is 2.48 bits per heavy atom. The molecule has 1 heterocycles. The highest BCUT2D eigenvalue weighted by atomic mass is 32.2. The summed E-state index contributed by atoms with van der Waals surface area (Å²) in [5.41, 5.74) is 4.18. The van der Waals surface area contributed by atoms with Gasteiger partial charge in [-0.3, -0.25) is 4.68 Å². The van der Waals surface area contributed by atoms with Crippen molar-refractivity contribution in [3.63, 3.8) is 0 Å². The zero-order valence-electron chi connectivity index (χ0n) is 14.3. The third-order valence-electron chi connectivity index (χ3n) is 3.96. The molecule has 0 saturated heterocycles. The van der Waals surface area contributed by atoms with E-state index in [9.17, 15) is 4.79 Å². The smallest absolute Gasteiger partial charge is 0.315 e. The maximum absolute atomic E-state index is 12.1. The third kappa shape index (κ3) is 4.28. The van der Waals surface area contributed by atoms with Gasteiger partial charge >= 0.3 is 6.03 Å². The minimum atomic E-state index is -0.172. The summed E-state index contributed by atoms with van der Waals surface area (Å²) in [6.45, 7) is 6.46. The molecule has 0 spiro atoms. The first-order chi connectivity index (χ1) is 10.9. The number of carbonyl (C=O) groups is 1. The highest BCUT2D eigenvalue weighted by Crippen LogP contribution is 2.20. The molecule has 6 heteroatoms. The van der Waals surface area contributed by atoms with Crippen LogP contribution >= 0.6 is 11.8 Å². The summed E-state index contributed by atoms with van der Waals surface area (Å²) < 4.78 is 1.84. The summed E-state index contributed by atoms with van der Waals surface area (Å²) in [6, 6.07) is 7.93. The van der Waals surface area contributed by atoms with E-state index in [1.54, 1.807) is 11.8 Å². The molecule has 0 aliphatic carbocycles. The number of amides is 2. The molecule has 5 nitrogen and oxygen atoms in total. The van der Waals surface area contributed by atoms with E-state index in [4.69, 9.17) is 0 Å². The van der Waals surface area contributed by atoms with Crippen LogP contribution in [0.4, 0.5) is 4.79 Å². The maximum Gasteiger partial charge on any atom is 0.315 e. The van der Waals surface area contributed by atoms with Gasteiger partial charge < -0.3 is 10.6 Å². The molecule has 0 aliphatic rings. The molecule has 0 aliphatic heterocycles. The standard InChI is InChI=1S/C17H24N4OS/c1-11(16-12(2)20-21(4)13(16)3)19-17(22)18-10-14-6-8-15(23-5)9-7-14/h6-9,11H,10H2,1-5H3,(H2,18,19,22)/t11-/m0/s1. The fraction of sp³-hybridized carbons (Fsp3) is 0.412. The van der Waals surface area contributed by atoms with Gasteiger partial charge in [0.25, 0.3) is 0 Å². The molecule has 0 bridgehead atoms. The van der Waals surface area contributed by atoms with E-state index in [1.807, 2.05) is 50.9 Å². The van der Waals surface area contributed by atoms with Crippen molar-refractivity contribution < 1.29 is 4.79 Å². The van der Waals surface area contributed by atoms with E-state index in [0.29, 0.717) is 6.54 Å². The van der Waals surface area contributed by atoms with Gasteiger partial charge in [-0.2, -0.15) is 5.10 Å². The van der Waals surface area contributed by atoms with Crippen LogP contribution in [0.5, 0.6) is 0 Å². The number of nitrogens with one attached hydrogen (secondary N) is 2. The van der Waals surface area contributed by atoms with Gasteiger partial charge in [-0.25, -0.2) is 4.79 Å². The van der Waals surface area contributed by atoms with Gasteiger partial charge in [0.05, 0.1) is 11.7 Å². The fourth-order valence-electron chi connectivity index (χ4n) is 2.66. The largest absolute Gasteiger partial charge is 0.334 e. The Kier molecular flexibility index (Phi) is 5.71. The summed E-state index contributed by atoms with van der Waals surface area (Å²) >= 11 is 1.70. The first-order valence-corrected chi connectivity index (χ1v) is 8.82. The van der Waals surface area contributed by atoms with Crippen molar-refractivity contribution >= 4 is 17.8 Å². The number of nitrogens with zero attached hydrogens (tertiary/aromatic N) is 2. The van der Waals surface area contributed by atoms with E-state index in [1.165, 1.54) is 4.90 Å². The number of rotatable bonds is 5. The number of aromatic nitrogens is 2. The summed E-state index contributed by atoms with van der Waals surface area (Å²) in [5, 5.41) is 10.3. The summed E-state index contributed by atoms with van der Waals surface area (Å²) in [5.74, 6) is 0. The Morgan fingerprint density at radius 2 is 1.96 bits per heavy atom. The fourth-order valence-corrected chi connectivity index (χ4v) is 3.07. The van der Waals surface area contributed by atoms with E-state index in [-0.39, 0.29) is 12.1 Å². The summed E-state index contributed by atoms with van der Waals surface area (Å²) in [7, 11) is 1.91. The first kappa shape index (κ1) is 17.4. The Bertz CT molecular complexity index is 679. The molecule has 2 rings (SSSR count). The Morgan fingerprint density at radius 1 is 1.30 bits per heavy atom. The van der Waals surface area contributed by atoms with Crippen LogP contribution in [0, 0.1) is 13.8 Å². The molecule has 124 valence electrons. The monoisotopic (exact) mass is 332 g/mol. The molecule has 0 saturated carbocycles. The molecule has 0 fully saturated rings. The lowest BCUT2D eigenvalue weighted by molar-refractivity contribution is 0.237. The Labute approximate surface area is 141 Å². The topological polar surface area (TPSA) is 59.0 Å². The highest BCUT2D eigenvalue weighted by molar-refractivity contribution is 7.98. The van der Waals surface area contributed by atoms with Crippen LogP contribution in [0.2, 0.25) is 0 Å². The second-order valence-electron chi connectivity index (χ2n) is 5.60. The molecular weight excluding hydrogens is 308 g/mol. The van der Waals surface area contributed by atoms with E-state index < -0.39 is 0 Å². The molecule has 0 radical (unpaired) electrons. The molecule has 1 aromatic carbocycles.